The van der Waals surface area contributed by atoms with E-state index >= 15 is 0 Å². The SMILES string of the molecule is Cc1cc(Cl)nc(OC2CC[NH+](C)CC2)c1C(N)=O.[Cl-]. The number of halogens is 2. The van der Waals surface area contributed by atoms with Crippen LogP contribution >= 0.6 is 11.6 Å². The minimum absolute atomic E-state index is 0. The third kappa shape index (κ3) is 3.98. The highest BCUT2D eigenvalue weighted by Gasteiger charge is 2.24. The first-order valence-corrected chi connectivity index (χ1v) is 6.80. The van der Waals surface area contributed by atoms with Gasteiger partial charge in [0.2, 0.25) is 5.88 Å². The van der Waals surface area contributed by atoms with E-state index < -0.39 is 5.91 Å². The molecular formula is C13H19Cl2N3O2. The zero-order chi connectivity index (χ0) is 14.0. The smallest absolute Gasteiger partial charge is 0.254 e. The molecule has 1 aromatic rings. The summed E-state index contributed by atoms with van der Waals surface area (Å²) in [7, 11) is 2.16. The number of likely N-dealkylation sites (tertiary alicyclic amines) is 1. The number of quaternary nitrogens is 1. The normalized spacial score (nSPS) is 21.9. The van der Waals surface area contributed by atoms with Gasteiger partial charge in [0.1, 0.15) is 16.8 Å². The number of aryl methyl sites for hydroxylation is 1. The Morgan fingerprint density at radius 1 is 1.50 bits per heavy atom. The highest BCUT2D eigenvalue weighted by atomic mass is 35.5. The first-order valence-electron chi connectivity index (χ1n) is 6.42. The second kappa shape index (κ2) is 7.11. The number of carbonyl (C=O) groups excluding carboxylic acids is 1. The highest BCUT2D eigenvalue weighted by molar-refractivity contribution is 6.29. The van der Waals surface area contributed by atoms with Gasteiger partial charge in [-0.25, -0.2) is 4.98 Å². The quantitative estimate of drug-likeness (QED) is 0.591. The number of primary amides is 1. The molecule has 20 heavy (non-hydrogen) atoms. The van der Waals surface area contributed by atoms with Crippen molar-refractivity contribution < 1.29 is 26.8 Å². The molecule has 0 radical (unpaired) electrons. The molecule has 0 atom stereocenters. The lowest BCUT2D eigenvalue weighted by atomic mass is 10.1. The fourth-order valence-electron chi connectivity index (χ4n) is 2.35. The van der Waals surface area contributed by atoms with Crippen molar-refractivity contribution in [3.63, 3.8) is 0 Å². The molecule has 1 aliphatic rings. The molecule has 0 unspecified atom stereocenters. The van der Waals surface area contributed by atoms with E-state index in [-0.39, 0.29) is 24.4 Å². The zero-order valence-electron chi connectivity index (χ0n) is 11.6. The maximum atomic E-state index is 11.5. The molecule has 1 saturated heterocycles. The fraction of sp³-hybridized carbons (Fsp3) is 0.538. The average Bonchev–Trinajstić information content (AvgIpc) is 2.30. The summed E-state index contributed by atoms with van der Waals surface area (Å²) in [6.07, 6.45) is 1.96. The second-order valence-electron chi connectivity index (χ2n) is 5.08. The minimum Gasteiger partial charge on any atom is -1.00 e. The van der Waals surface area contributed by atoms with Gasteiger partial charge in [0.05, 0.1) is 20.1 Å². The molecule has 0 aromatic carbocycles. The summed E-state index contributed by atoms with van der Waals surface area (Å²) in [5.74, 6) is -0.266. The maximum absolute atomic E-state index is 11.5. The van der Waals surface area contributed by atoms with E-state index in [9.17, 15) is 4.79 Å². The lowest BCUT2D eigenvalue weighted by Crippen LogP contribution is -3.10. The van der Waals surface area contributed by atoms with Crippen molar-refractivity contribution in [2.45, 2.75) is 25.9 Å². The van der Waals surface area contributed by atoms with E-state index in [1.54, 1.807) is 13.0 Å². The molecule has 1 aliphatic heterocycles. The van der Waals surface area contributed by atoms with E-state index in [4.69, 9.17) is 22.1 Å². The molecule has 0 spiro atoms. The van der Waals surface area contributed by atoms with Crippen LogP contribution in [0.1, 0.15) is 28.8 Å². The number of hydrogen-bond acceptors (Lipinski definition) is 3. The highest BCUT2D eigenvalue weighted by Crippen LogP contribution is 2.25. The molecule has 0 bridgehead atoms. The zero-order valence-corrected chi connectivity index (χ0v) is 13.1. The van der Waals surface area contributed by atoms with Gasteiger partial charge in [0.15, 0.2) is 0 Å². The summed E-state index contributed by atoms with van der Waals surface area (Å²) >= 11 is 5.92. The van der Waals surface area contributed by atoms with Gasteiger partial charge < -0.3 is 27.8 Å². The minimum atomic E-state index is -0.532. The monoisotopic (exact) mass is 319 g/mol. The van der Waals surface area contributed by atoms with Gasteiger partial charge in [0.25, 0.3) is 5.91 Å². The Labute approximate surface area is 129 Å². The Morgan fingerprint density at radius 3 is 2.65 bits per heavy atom. The summed E-state index contributed by atoms with van der Waals surface area (Å²) in [6.45, 7) is 3.88. The predicted octanol–water partition coefficient (Wildman–Crippen LogP) is -2.80. The van der Waals surface area contributed by atoms with Crippen LogP contribution in [0.5, 0.6) is 5.88 Å². The molecule has 2 rings (SSSR count). The lowest BCUT2D eigenvalue weighted by Gasteiger charge is -2.27. The van der Waals surface area contributed by atoms with E-state index in [2.05, 4.69) is 12.0 Å². The van der Waals surface area contributed by atoms with Crippen LogP contribution in [0.15, 0.2) is 6.07 Å². The summed E-state index contributed by atoms with van der Waals surface area (Å²) < 4.78 is 5.85. The molecule has 5 nitrogen and oxygen atoms in total. The number of hydrogen-bond donors (Lipinski definition) is 2. The van der Waals surface area contributed by atoms with Crippen LogP contribution in [0.3, 0.4) is 0 Å². The first-order chi connectivity index (χ1) is 8.97. The summed E-state index contributed by atoms with van der Waals surface area (Å²) in [4.78, 5) is 17.1. The van der Waals surface area contributed by atoms with E-state index in [1.807, 2.05) is 0 Å². The number of carbonyl (C=O) groups is 1. The van der Waals surface area contributed by atoms with Crippen LogP contribution in [0, 0.1) is 6.92 Å². The number of nitrogens with zero attached hydrogens (tertiary/aromatic N) is 1. The average molecular weight is 320 g/mol. The number of rotatable bonds is 3. The van der Waals surface area contributed by atoms with Crippen molar-refractivity contribution in [3.05, 3.63) is 22.3 Å². The van der Waals surface area contributed by atoms with Gasteiger partial charge in [-0.15, -0.1) is 0 Å². The van der Waals surface area contributed by atoms with Crippen molar-refractivity contribution in [2.75, 3.05) is 20.1 Å². The third-order valence-electron chi connectivity index (χ3n) is 3.46. The molecule has 0 saturated carbocycles. The van der Waals surface area contributed by atoms with Crippen molar-refractivity contribution >= 4 is 17.5 Å². The van der Waals surface area contributed by atoms with Crippen LogP contribution < -0.4 is 27.8 Å². The van der Waals surface area contributed by atoms with Crippen LogP contribution in [0.2, 0.25) is 5.15 Å². The Bertz CT molecular complexity index is 489. The number of piperidine rings is 1. The van der Waals surface area contributed by atoms with Gasteiger partial charge in [-0.1, -0.05) is 11.6 Å². The van der Waals surface area contributed by atoms with Crippen LogP contribution in [-0.2, 0) is 0 Å². The van der Waals surface area contributed by atoms with E-state index in [0.29, 0.717) is 16.3 Å². The van der Waals surface area contributed by atoms with Crippen molar-refractivity contribution in [2.24, 2.45) is 5.73 Å². The number of ether oxygens (including phenoxy) is 1. The second-order valence-corrected chi connectivity index (χ2v) is 5.47. The third-order valence-corrected chi connectivity index (χ3v) is 3.66. The molecule has 0 aliphatic carbocycles. The molecule has 1 amide bonds. The molecule has 112 valence electrons. The standard InChI is InChI=1S/C13H18ClN3O2.ClH/c1-8-7-10(14)16-13(11(8)12(15)18)19-9-3-5-17(2)6-4-9;/h7,9H,3-6H2,1-2H3,(H2,15,18);1H. The number of aromatic nitrogens is 1. The number of nitrogens with one attached hydrogen (secondary N) is 1. The van der Waals surface area contributed by atoms with Gasteiger partial charge >= 0.3 is 0 Å². The fourth-order valence-corrected chi connectivity index (χ4v) is 2.59. The van der Waals surface area contributed by atoms with Gasteiger partial charge in [-0.3, -0.25) is 4.79 Å². The molecule has 7 heteroatoms. The number of amides is 1. The van der Waals surface area contributed by atoms with Crippen molar-refractivity contribution in [1.82, 2.24) is 4.98 Å². The number of nitrogens with two attached hydrogens (primary N) is 1. The van der Waals surface area contributed by atoms with Gasteiger partial charge in [-0.2, -0.15) is 0 Å². The summed E-state index contributed by atoms with van der Waals surface area (Å²) in [6, 6.07) is 1.62. The largest absolute Gasteiger partial charge is 1.00 e. The maximum Gasteiger partial charge on any atom is 0.254 e. The Hall–Kier alpha value is -1.04. The molecule has 1 fully saturated rings. The lowest BCUT2D eigenvalue weighted by molar-refractivity contribution is -0.885. The van der Waals surface area contributed by atoms with Crippen molar-refractivity contribution in [3.8, 4) is 5.88 Å². The molecule has 3 N–H and O–H groups in total. The Kier molecular flexibility index (Phi) is 6.05. The Balaban J connectivity index is 0.00000200. The van der Waals surface area contributed by atoms with Crippen molar-refractivity contribution in [1.29, 1.82) is 0 Å². The molecule has 2 heterocycles. The summed E-state index contributed by atoms with van der Waals surface area (Å²) in [5, 5.41) is 0.316. The molecular weight excluding hydrogens is 301 g/mol. The Morgan fingerprint density at radius 2 is 2.10 bits per heavy atom. The topological polar surface area (TPSA) is 69.7 Å². The summed E-state index contributed by atoms with van der Waals surface area (Å²) in [5.41, 5.74) is 6.41. The number of pyridine rings is 1. The van der Waals surface area contributed by atoms with E-state index in [1.165, 1.54) is 4.90 Å². The molecule has 1 aromatic heterocycles. The van der Waals surface area contributed by atoms with Crippen LogP contribution in [0.4, 0.5) is 0 Å². The predicted molar refractivity (Wildman–Crippen MR) is 72.8 cm³/mol. The first kappa shape index (κ1) is 17.0. The van der Waals surface area contributed by atoms with Crippen LogP contribution in [-0.4, -0.2) is 37.1 Å². The van der Waals surface area contributed by atoms with Crippen LogP contribution in [0.25, 0.3) is 0 Å². The van der Waals surface area contributed by atoms with Gasteiger partial charge in [0, 0.05) is 12.8 Å². The van der Waals surface area contributed by atoms with E-state index in [0.717, 1.165) is 25.9 Å². The van der Waals surface area contributed by atoms with Gasteiger partial charge in [-0.05, 0) is 18.6 Å².